The number of nitrogens with one attached hydrogen (secondary N) is 3. The summed E-state index contributed by atoms with van der Waals surface area (Å²) in [6, 6.07) is -0.610. The Balaban J connectivity index is 1.92. The van der Waals surface area contributed by atoms with Crippen LogP contribution in [0.3, 0.4) is 0 Å². The third-order valence-electron chi connectivity index (χ3n) is 4.54. The molecular formula is C19H28N6O2. The van der Waals surface area contributed by atoms with E-state index in [1.165, 1.54) is 0 Å². The monoisotopic (exact) mass is 372 g/mol. The first-order valence-corrected chi connectivity index (χ1v) is 9.25. The van der Waals surface area contributed by atoms with E-state index < -0.39 is 11.7 Å². The van der Waals surface area contributed by atoms with Crippen molar-refractivity contribution in [3.8, 4) is 12.3 Å². The van der Waals surface area contributed by atoms with Crippen molar-refractivity contribution in [2.45, 2.75) is 71.5 Å². The maximum Gasteiger partial charge on any atom is 0.247 e. The van der Waals surface area contributed by atoms with E-state index in [-0.39, 0.29) is 24.2 Å². The summed E-state index contributed by atoms with van der Waals surface area (Å²) in [4.78, 5) is 25.1. The maximum absolute atomic E-state index is 12.7. The van der Waals surface area contributed by atoms with E-state index in [1.54, 1.807) is 0 Å². The van der Waals surface area contributed by atoms with Gasteiger partial charge in [-0.2, -0.15) is 15.3 Å². The lowest BCUT2D eigenvalue weighted by atomic mass is 10.0. The number of carbonyl (C=O) groups is 2. The smallest absolute Gasteiger partial charge is 0.247 e. The molecule has 8 nitrogen and oxygen atoms in total. The van der Waals surface area contributed by atoms with Crippen LogP contribution in [0.15, 0.2) is 10.2 Å². The summed E-state index contributed by atoms with van der Waals surface area (Å²) in [5.74, 6) is 2.39. The number of hydrogen-bond donors (Lipinski definition) is 3. The average Bonchev–Trinajstić information content (AvgIpc) is 3.32. The van der Waals surface area contributed by atoms with E-state index in [1.807, 2.05) is 27.7 Å². The van der Waals surface area contributed by atoms with Gasteiger partial charge in [-0.3, -0.25) is 14.7 Å². The number of anilines is 1. The summed E-state index contributed by atoms with van der Waals surface area (Å²) < 4.78 is 0. The molecule has 8 heteroatoms. The molecule has 1 atom stereocenters. The summed E-state index contributed by atoms with van der Waals surface area (Å²) in [6.07, 6.45) is 7.83. The van der Waals surface area contributed by atoms with Gasteiger partial charge in [-0.05, 0) is 26.2 Å². The molecule has 146 valence electrons. The molecule has 2 amide bonds. The average molecular weight is 372 g/mol. The quantitative estimate of drug-likeness (QED) is 0.549. The topological polar surface area (TPSA) is 112 Å². The summed E-state index contributed by atoms with van der Waals surface area (Å²) in [7, 11) is 0. The molecule has 2 heterocycles. The second-order valence-corrected chi connectivity index (χ2v) is 7.43. The molecule has 1 aliphatic heterocycles. The fraction of sp³-hybridized carbons (Fsp3) is 0.632. The predicted octanol–water partition coefficient (Wildman–Crippen LogP) is 2.85. The molecule has 0 bridgehead atoms. The van der Waals surface area contributed by atoms with Gasteiger partial charge in [-0.15, -0.1) is 12.3 Å². The van der Waals surface area contributed by atoms with Crippen molar-refractivity contribution < 1.29 is 9.59 Å². The van der Waals surface area contributed by atoms with E-state index in [0.29, 0.717) is 37.1 Å². The van der Waals surface area contributed by atoms with E-state index in [9.17, 15) is 9.59 Å². The summed E-state index contributed by atoms with van der Waals surface area (Å²) in [5, 5.41) is 20.7. The third kappa shape index (κ3) is 5.91. The molecule has 1 aromatic heterocycles. The van der Waals surface area contributed by atoms with Crippen LogP contribution in [-0.4, -0.2) is 33.7 Å². The van der Waals surface area contributed by atoms with Gasteiger partial charge in [-0.25, -0.2) is 0 Å². The Kier molecular flexibility index (Phi) is 6.72. The van der Waals surface area contributed by atoms with Crippen LogP contribution in [0, 0.1) is 32.1 Å². The third-order valence-corrected chi connectivity index (χ3v) is 4.54. The van der Waals surface area contributed by atoms with Crippen LogP contribution in [0.5, 0.6) is 0 Å². The molecule has 1 aliphatic rings. The van der Waals surface area contributed by atoms with Crippen molar-refractivity contribution in [3.05, 3.63) is 11.4 Å². The van der Waals surface area contributed by atoms with Crippen molar-refractivity contribution in [3.63, 3.8) is 0 Å². The minimum Gasteiger partial charge on any atom is -0.344 e. The number of aryl methyl sites for hydroxylation is 2. The fourth-order valence-corrected chi connectivity index (χ4v) is 2.90. The first kappa shape index (κ1) is 20.6. The van der Waals surface area contributed by atoms with E-state index >= 15 is 0 Å². The summed E-state index contributed by atoms with van der Waals surface area (Å²) in [5.41, 5.74) is 1.66. The van der Waals surface area contributed by atoms with Crippen molar-refractivity contribution >= 4 is 17.5 Å². The zero-order chi connectivity index (χ0) is 20.0. The van der Waals surface area contributed by atoms with Crippen molar-refractivity contribution in [1.82, 2.24) is 15.5 Å². The largest absolute Gasteiger partial charge is 0.344 e. The number of aromatic amines is 1. The lowest BCUT2D eigenvalue weighted by Crippen LogP contribution is -2.44. The number of aromatic nitrogens is 2. The van der Waals surface area contributed by atoms with Crippen LogP contribution in [0.2, 0.25) is 0 Å². The van der Waals surface area contributed by atoms with Gasteiger partial charge < -0.3 is 10.6 Å². The molecule has 0 aromatic carbocycles. The Morgan fingerprint density at radius 3 is 2.48 bits per heavy atom. The van der Waals surface area contributed by atoms with E-state index in [0.717, 1.165) is 5.69 Å². The second kappa shape index (κ2) is 8.80. The van der Waals surface area contributed by atoms with Crippen molar-refractivity contribution in [2.24, 2.45) is 16.1 Å². The van der Waals surface area contributed by atoms with Gasteiger partial charge >= 0.3 is 0 Å². The van der Waals surface area contributed by atoms with Crippen LogP contribution in [0.25, 0.3) is 0 Å². The van der Waals surface area contributed by atoms with Gasteiger partial charge in [0.25, 0.3) is 0 Å². The standard InChI is InChI=1S/C19H28N6O2/c1-6-7-9-19(24-25-19)10-8-16(26)20-15(11-12(2)3)18(27)21-17-13(4)22-23-14(17)5/h1,12,15H,7-11H2,2-5H3,(H,20,26)(H,21,27)(H,22,23). The number of carbonyl (C=O) groups excluding carboxylic acids is 2. The first-order chi connectivity index (χ1) is 12.8. The lowest BCUT2D eigenvalue weighted by Gasteiger charge is -2.20. The molecule has 0 aliphatic carbocycles. The molecule has 0 fully saturated rings. The highest BCUT2D eigenvalue weighted by atomic mass is 16.2. The van der Waals surface area contributed by atoms with Gasteiger partial charge in [0, 0.05) is 25.7 Å². The normalized spacial score (nSPS) is 15.3. The zero-order valence-corrected chi connectivity index (χ0v) is 16.4. The number of amides is 2. The zero-order valence-electron chi connectivity index (χ0n) is 16.4. The van der Waals surface area contributed by atoms with Crippen molar-refractivity contribution in [1.29, 1.82) is 0 Å². The Morgan fingerprint density at radius 2 is 1.96 bits per heavy atom. The molecule has 0 saturated heterocycles. The lowest BCUT2D eigenvalue weighted by molar-refractivity contribution is -0.127. The maximum atomic E-state index is 12.7. The SMILES string of the molecule is C#CCCC1(CCC(=O)NC(CC(C)C)C(=O)Nc2c(C)n[nH]c2C)N=N1. The van der Waals surface area contributed by atoms with Crippen LogP contribution in [-0.2, 0) is 9.59 Å². The predicted molar refractivity (Wildman–Crippen MR) is 103 cm³/mol. The highest BCUT2D eigenvalue weighted by Gasteiger charge is 2.39. The van der Waals surface area contributed by atoms with Gasteiger partial charge in [0.15, 0.2) is 5.66 Å². The summed E-state index contributed by atoms with van der Waals surface area (Å²) in [6.45, 7) is 7.67. The van der Waals surface area contributed by atoms with E-state index in [4.69, 9.17) is 6.42 Å². The Labute approximate surface area is 160 Å². The second-order valence-electron chi connectivity index (χ2n) is 7.43. The highest BCUT2D eigenvalue weighted by molar-refractivity contribution is 5.97. The fourth-order valence-electron chi connectivity index (χ4n) is 2.90. The molecule has 1 aromatic rings. The van der Waals surface area contributed by atoms with Crippen LogP contribution in [0.1, 0.15) is 57.3 Å². The number of nitrogens with zero attached hydrogens (tertiary/aromatic N) is 3. The molecule has 0 spiro atoms. The Hall–Kier alpha value is -2.69. The first-order valence-electron chi connectivity index (χ1n) is 9.25. The van der Waals surface area contributed by atoms with Crippen LogP contribution in [0.4, 0.5) is 5.69 Å². The minimum atomic E-state index is -0.610. The number of rotatable bonds is 10. The molecule has 2 rings (SSSR count). The summed E-state index contributed by atoms with van der Waals surface area (Å²) >= 11 is 0. The molecule has 27 heavy (non-hydrogen) atoms. The Morgan fingerprint density at radius 1 is 1.26 bits per heavy atom. The van der Waals surface area contributed by atoms with Gasteiger partial charge in [0.05, 0.1) is 17.1 Å². The molecular weight excluding hydrogens is 344 g/mol. The van der Waals surface area contributed by atoms with Gasteiger partial charge in [0.2, 0.25) is 11.8 Å². The van der Waals surface area contributed by atoms with Gasteiger partial charge in [-0.1, -0.05) is 13.8 Å². The van der Waals surface area contributed by atoms with Crippen LogP contribution < -0.4 is 10.6 Å². The molecule has 3 N–H and O–H groups in total. The van der Waals surface area contributed by atoms with Gasteiger partial charge in [0.1, 0.15) is 6.04 Å². The molecule has 1 unspecified atom stereocenters. The van der Waals surface area contributed by atoms with Crippen LogP contribution >= 0.6 is 0 Å². The Bertz CT molecular complexity index is 733. The number of terminal acetylenes is 1. The van der Waals surface area contributed by atoms with Crippen molar-refractivity contribution in [2.75, 3.05) is 5.32 Å². The minimum absolute atomic E-state index is 0.186. The number of H-pyrrole nitrogens is 1. The molecule has 0 radical (unpaired) electrons. The highest BCUT2D eigenvalue weighted by Crippen LogP contribution is 2.37. The molecule has 0 saturated carbocycles. The number of hydrogen-bond acceptors (Lipinski definition) is 5. The van der Waals surface area contributed by atoms with E-state index in [2.05, 4.69) is 37.0 Å².